The lowest BCUT2D eigenvalue weighted by Gasteiger charge is -2.27. The Kier molecular flexibility index (Phi) is 3.79. The van der Waals surface area contributed by atoms with Crippen molar-refractivity contribution in [1.82, 2.24) is 4.98 Å². The van der Waals surface area contributed by atoms with Gasteiger partial charge in [0.05, 0.1) is 0 Å². The lowest BCUT2D eigenvalue weighted by atomic mass is 9.99. The van der Waals surface area contributed by atoms with Crippen molar-refractivity contribution in [2.75, 3.05) is 23.8 Å². The summed E-state index contributed by atoms with van der Waals surface area (Å²) in [5, 5.41) is 3.83. The van der Waals surface area contributed by atoms with Crippen molar-refractivity contribution in [1.29, 1.82) is 0 Å². The molecular formula is C16H18ClN3. The summed E-state index contributed by atoms with van der Waals surface area (Å²) in [7, 11) is 2.16. The summed E-state index contributed by atoms with van der Waals surface area (Å²) in [5.41, 5.74) is 4.08. The third-order valence-corrected chi connectivity index (χ3v) is 3.89. The summed E-state index contributed by atoms with van der Waals surface area (Å²) < 4.78 is 0. The highest BCUT2D eigenvalue weighted by molar-refractivity contribution is 6.29. The first kappa shape index (κ1) is 13.3. The molecule has 1 N–H and O–H groups in total. The van der Waals surface area contributed by atoms with Gasteiger partial charge in [-0.25, -0.2) is 4.98 Å². The van der Waals surface area contributed by atoms with Crippen LogP contribution < -0.4 is 10.2 Å². The predicted octanol–water partition coefficient (Wildman–Crippen LogP) is 3.73. The van der Waals surface area contributed by atoms with Gasteiger partial charge < -0.3 is 10.2 Å². The van der Waals surface area contributed by atoms with Crippen LogP contribution in [0.1, 0.15) is 17.5 Å². The molecule has 0 amide bonds. The Hall–Kier alpha value is -1.74. The van der Waals surface area contributed by atoms with E-state index in [0.29, 0.717) is 5.15 Å². The van der Waals surface area contributed by atoms with Gasteiger partial charge in [-0.05, 0) is 42.2 Å². The van der Waals surface area contributed by atoms with Crippen LogP contribution in [0.4, 0.5) is 11.5 Å². The average Bonchev–Trinajstić information content (AvgIpc) is 2.45. The van der Waals surface area contributed by atoms with Crippen LogP contribution in [0.2, 0.25) is 5.15 Å². The van der Waals surface area contributed by atoms with Gasteiger partial charge in [-0.3, -0.25) is 0 Å². The number of nitrogens with zero attached hydrogens (tertiary/aromatic N) is 2. The number of aromatic nitrogens is 1. The van der Waals surface area contributed by atoms with E-state index in [1.165, 1.54) is 29.7 Å². The van der Waals surface area contributed by atoms with Gasteiger partial charge in [0.1, 0.15) is 11.0 Å². The highest BCUT2D eigenvalue weighted by Gasteiger charge is 2.13. The fourth-order valence-corrected chi connectivity index (χ4v) is 2.81. The molecule has 0 radical (unpaired) electrons. The maximum Gasteiger partial charge on any atom is 0.131 e. The van der Waals surface area contributed by atoms with Gasteiger partial charge in [0.2, 0.25) is 0 Å². The number of rotatable bonds is 3. The van der Waals surface area contributed by atoms with E-state index in [4.69, 9.17) is 11.6 Å². The standard InChI is InChI=1S/C16H18ClN3/c1-20-9-3-4-13-10-12(7-8-14(13)20)11-18-16-6-2-5-15(17)19-16/h2,5-8,10H,3-4,9,11H2,1H3,(H,18,19). The molecule has 1 aromatic heterocycles. The smallest absolute Gasteiger partial charge is 0.131 e. The van der Waals surface area contributed by atoms with E-state index in [1.807, 2.05) is 12.1 Å². The fraction of sp³-hybridized carbons (Fsp3) is 0.312. The molecule has 2 heterocycles. The molecule has 1 aromatic carbocycles. The molecule has 20 heavy (non-hydrogen) atoms. The lowest BCUT2D eigenvalue weighted by molar-refractivity contribution is 0.743. The Labute approximate surface area is 124 Å². The van der Waals surface area contributed by atoms with E-state index in [0.717, 1.165) is 18.9 Å². The highest BCUT2D eigenvalue weighted by atomic mass is 35.5. The molecule has 0 atom stereocenters. The summed E-state index contributed by atoms with van der Waals surface area (Å²) >= 11 is 5.88. The molecule has 0 spiro atoms. The predicted molar refractivity (Wildman–Crippen MR) is 84.6 cm³/mol. The van der Waals surface area contributed by atoms with E-state index in [9.17, 15) is 0 Å². The van der Waals surface area contributed by atoms with E-state index >= 15 is 0 Å². The van der Waals surface area contributed by atoms with Gasteiger partial charge in [-0.2, -0.15) is 0 Å². The average molecular weight is 288 g/mol. The number of benzene rings is 1. The minimum Gasteiger partial charge on any atom is -0.374 e. The number of aryl methyl sites for hydroxylation is 1. The number of anilines is 2. The summed E-state index contributed by atoms with van der Waals surface area (Å²) in [5.74, 6) is 0.812. The van der Waals surface area contributed by atoms with E-state index in [2.05, 4.69) is 40.4 Å². The van der Waals surface area contributed by atoms with Crippen LogP contribution in [0.5, 0.6) is 0 Å². The molecule has 0 bridgehead atoms. The van der Waals surface area contributed by atoms with Gasteiger partial charge in [-0.1, -0.05) is 29.8 Å². The van der Waals surface area contributed by atoms with E-state index in [-0.39, 0.29) is 0 Å². The number of pyridine rings is 1. The van der Waals surface area contributed by atoms with Crippen molar-refractivity contribution in [2.24, 2.45) is 0 Å². The highest BCUT2D eigenvalue weighted by Crippen LogP contribution is 2.27. The Morgan fingerprint density at radius 1 is 1.30 bits per heavy atom. The van der Waals surface area contributed by atoms with Gasteiger partial charge >= 0.3 is 0 Å². The second kappa shape index (κ2) is 5.71. The molecule has 0 fully saturated rings. The normalized spacial score (nSPS) is 14.0. The third-order valence-electron chi connectivity index (χ3n) is 3.68. The van der Waals surface area contributed by atoms with Crippen LogP contribution >= 0.6 is 11.6 Å². The maximum atomic E-state index is 5.88. The van der Waals surface area contributed by atoms with Gasteiger partial charge in [-0.15, -0.1) is 0 Å². The number of fused-ring (bicyclic) bond motifs is 1. The SMILES string of the molecule is CN1CCCc2cc(CNc3cccc(Cl)n3)ccc21. The van der Waals surface area contributed by atoms with Crippen molar-refractivity contribution in [3.8, 4) is 0 Å². The van der Waals surface area contributed by atoms with Gasteiger partial charge in [0.15, 0.2) is 0 Å². The van der Waals surface area contributed by atoms with Crippen molar-refractivity contribution >= 4 is 23.1 Å². The van der Waals surface area contributed by atoms with E-state index < -0.39 is 0 Å². The maximum absolute atomic E-state index is 5.88. The van der Waals surface area contributed by atoms with Crippen molar-refractivity contribution in [3.63, 3.8) is 0 Å². The molecule has 0 unspecified atom stereocenters. The Morgan fingerprint density at radius 3 is 3.05 bits per heavy atom. The van der Waals surface area contributed by atoms with Crippen LogP contribution in [-0.2, 0) is 13.0 Å². The quantitative estimate of drug-likeness (QED) is 0.872. The largest absolute Gasteiger partial charge is 0.374 e. The first-order valence-electron chi connectivity index (χ1n) is 6.92. The molecule has 4 heteroatoms. The first-order chi connectivity index (χ1) is 9.72. The third kappa shape index (κ3) is 2.88. The number of hydrogen-bond acceptors (Lipinski definition) is 3. The van der Waals surface area contributed by atoms with Crippen LogP contribution in [0, 0.1) is 0 Å². The molecule has 3 rings (SSSR count). The Morgan fingerprint density at radius 2 is 2.20 bits per heavy atom. The number of hydrogen-bond donors (Lipinski definition) is 1. The summed E-state index contributed by atoms with van der Waals surface area (Å²) in [6.07, 6.45) is 2.40. The molecular weight excluding hydrogens is 270 g/mol. The van der Waals surface area contributed by atoms with Crippen LogP contribution in [0.3, 0.4) is 0 Å². The molecule has 104 valence electrons. The molecule has 0 saturated heterocycles. The lowest BCUT2D eigenvalue weighted by Crippen LogP contribution is -2.24. The molecule has 0 aliphatic carbocycles. The monoisotopic (exact) mass is 287 g/mol. The summed E-state index contributed by atoms with van der Waals surface area (Å²) in [6.45, 7) is 1.92. The topological polar surface area (TPSA) is 28.2 Å². The zero-order valence-electron chi connectivity index (χ0n) is 11.6. The second-order valence-corrected chi connectivity index (χ2v) is 5.57. The van der Waals surface area contributed by atoms with E-state index in [1.54, 1.807) is 6.07 Å². The molecule has 3 nitrogen and oxygen atoms in total. The Bertz CT molecular complexity index is 612. The summed E-state index contributed by atoms with van der Waals surface area (Å²) in [4.78, 5) is 6.56. The van der Waals surface area contributed by atoms with Crippen LogP contribution in [0.25, 0.3) is 0 Å². The molecule has 2 aromatic rings. The first-order valence-corrected chi connectivity index (χ1v) is 7.29. The van der Waals surface area contributed by atoms with Crippen LogP contribution in [-0.4, -0.2) is 18.6 Å². The fourth-order valence-electron chi connectivity index (χ4n) is 2.65. The van der Waals surface area contributed by atoms with Crippen molar-refractivity contribution < 1.29 is 0 Å². The Balaban J connectivity index is 1.72. The number of nitrogens with one attached hydrogen (secondary N) is 1. The summed E-state index contributed by atoms with van der Waals surface area (Å²) in [6, 6.07) is 12.3. The zero-order chi connectivity index (χ0) is 13.9. The molecule has 1 aliphatic heterocycles. The molecule has 0 saturated carbocycles. The zero-order valence-corrected chi connectivity index (χ0v) is 12.3. The second-order valence-electron chi connectivity index (χ2n) is 5.19. The number of halogens is 1. The van der Waals surface area contributed by atoms with Gasteiger partial charge in [0.25, 0.3) is 0 Å². The van der Waals surface area contributed by atoms with Crippen LogP contribution in [0.15, 0.2) is 36.4 Å². The minimum absolute atomic E-state index is 0.516. The molecule has 1 aliphatic rings. The van der Waals surface area contributed by atoms with Gasteiger partial charge in [0, 0.05) is 25.8 Å². The van der Waals surface area contributed by atoms with Crippen molar-refractivity contribution in [2.45, 2.75) is 19.4 Å². The minimum atomic E-state index is 0.516. The van der Waals surface area contributed by atoms with Crippen molar-refractivity contribution in [3.05, 3.63) is 52.7 Å².